The van der Waals surface area contributed by atoms with Crippen LogP contribution in [0, 0.1) is 0 Å². The molecule has 0 saturated carbocycles. The summed E-state index contributed by atoms with van der Waals surface area (Å²) < 4.78 is 0. The molecule has 1 amide bonds. The highest BCUT2D eigenvalue weighted by atomic mass is 35.5. The molecule has 20 heavy (non-hydrogen) atoms. The molecule has 0 atom stereocenters. The largest absolute Gasteiger partial charge is 0.354 e. The van der Waals surface area contributed by atoms with Gasteiger partial charge >= 0.3 is 0 Å². The Hall–Kier alpha value is -0.710. The molecule has 5 heteroatoms. The second-order valence-electron chi connectivity index (χ2n) is 4.97. The van der Waals surface area contributed by atoms with Gasteiger partial charge in [-0.15, -0.1) is 11.8 Å². The molecule has 1 rings (SSSR count). The van der Waals surface area contributed by atoms with Gasteiger partial charge in [0.15, 0.2) is 0 Å². The lowest BCUT2D eigenvalue weighted by Crippen LogP contribution is -2.49. The predicted octanol–water partition coefficient (Wildman–Crippen LogP) is 3.21. The van der Waals surface area contributed by atoms with E-state index in [9.17, 15) is 4.79 Å². The van der Waals surface area contributed by atoms with E-state index in [0.29, 0.717) is 12.3 Å². The molecule has 0 aliphatic heterocycles. The van der Waals surface area contributed by atoms with Crippen molar-refractivity contribution in [3.8, 4) is 0 Å². The van der Waals surface area contributed by atoms with E-state index >= 15 is 0 Å². The maximum atomic E-state index is 11.8. The number of carbonyl (C=O) groups excluding carboxylic acids is 1. The van der Waals surface area contributed by atoms with Gasteiger partial charge in [0.05, 0.1) is 5.75 Å². The average Bonchev–Trinajstić information content (AvgIpc) is 2.45. The summed E-state index contributed by atoms with van der Waals surface area (Å²) in [4.78, 5) is 11.8. The zero-order valence-corrected chi connectivity index (χ0v) is 13.7. The van der Waals surface area contributed by atoms with Crippen LogP contribution in [0.15, 0.2) is 24.3 Å². The Balaban J connectivity index is 2.27. The van der Waals surface area contributed by atoms with Crippen molar-refractivity contribution in [2.24, 2.45) is 5.73 Å². The monoisotopic (exact) mass is 314 g/mol. The molecule has 0 radical (unpaired) electrons. The molecular weight excluding hydrogens is 292 g/mol. The maximum absolute atomic E-state index is 11.8. The number of carbonyl (C=O) groups is 1. The fourth-order valence-corrected chi connectivity index (χ4v) is 2.73. The second kappa shape index (κ2) is 8.55. The Morgan fingerprint density at radius 1 is 1.40 bits per heavy atom. The molecular formula is C15H23ClN2OS. The van der Waals surface area contributed by atoms with E-state index in [1.54, 1.807) is 11.8 Å². The molecule has 3 nitrogen and oxygen atoms in total. The molecule has 0 fully saturated rings. The van der Waals surface area contributed by atoms with Crippen LogP contribution in [0.1, 0.15) is 32.3 Å². The summed E-state index contributed by atoms with van der Waals surface area (Å²) in [5, 5.41) is 3.64. The van der Waals surface area contributed by atoms with Crippen LogP contribution in [-0.2, 0) is 10.5 Å². The standard InChI is InChI=1S/C15H23ClN2OS/c1-3-15(17,4-2)11-18-14(19)10-20-9-12-6-5-7-13(16)8-12/h5-8H,3-4,9-11,17H2,1-2H3,(H,18,19). The summed E-state index contributed by atoms with van der Waals surface area (Å²) in [6.45, 7) is 4.63. The lowest BCUT2D eigenvalue weighted by atomic mass is 9.94. The molecule has 0 aliphatic carbocycles. The first-order chi connectivity index (χ1) is 9.49. The lowest BCUT2D eigenvalue weighted by molar-refractivity contribution is -0.118. The van der Waals surface area contributed by atoms with Crippen molar-refractivity contribution in [3.63, 3.8) is 0 Å². The number of amides is 1. The Kier molecular flexibility index (Phi) is 7.41. The number of nitrogens with two attached hydrogens (primary N) is 1. The van der Waals surface area contributed by atoms with Crippen LogP contribution < -0.4 is 11.1 Å². The van der Waals surface area contributed by atoms with Gasteiger partial charge in [0.2, 0.25) is 5.91 Å². The maximum Gasteiger partial charge on any atom is 0.230 e. The molecule has 0 aliphatic rings. The van der Waals surface area contributed by atoms with Gasteiger partial charge in [-0.2, -0.15) is 0 Å². The van der Waals surface area contributed by atoms with Crippen LogP contribution in [0.3, 0.4) is 0 Å². The van der Waals surface area contributed by atoms with Crippen LogP contribution in [-0.4, -0.2) is 23.7 Å². The number of hydrogen-bond donors (Lipinski definition) is 2. The minimum absolute atomic E-state index is 0.0359. The normalized spacial score (nSPS) is 11.4. The van der Waals surface area contributed by atoms with Gasteiger partial charge in [-0.1, -0.05) is 37.6 Å². The van der Waals surface area contributed by atoms with Crippen LogP contribution >= 0.6 is 23.4 Å². The summed E-state index contributed by atoms with van der Waals surface area (Å²) in [5.41, 5.74) is 6.99. The third-order valence-corrected chi connectivity index (χ3v) is 4.68. The van der Waals surface area contributed by atoms with Gasteiger partial charge in [-0.3, -0.25) is 4.79 Å². The molecule has 112 valence electrons. The van der Waals surface area contributed by atoms with E-state index < -0.39 is 0 Å². The van der Waals surface area contributed by atoms with Crippen molar-refractivity contribution in [3.05, 3.63) is 34.9 Å². The second-order valence-corrected chi connectivity index (χ2v) is 6.39. The fourth-order valence-electron chi connectivity index (χ4n) is 1.71. The zero-order chi connectivity index (χ0) is 15.0. The van der Waals surface area contributed by atoms with Crippen molar-refractivity contribution >= 4 is 29.3 Å². The van der Waals surface area contributed by atoms with E-state index in [-0.39, 0.29) is 11.4 Å². The van der Waals surface area contributed by atoms with Crippen LogP contribution in [0.5, 0.6) is 0 Å². The van der Waals surface area contributed by atoms with E-state index in [0.717, 1.165) is 29.2 Å². The van der Waals surface area contributed by atoms with E-state index in [4.69, 9.17) is 17.3 Å². The SMILES string of the molecule is CCC(N)(CC)CNC(=O)CSCc1cccc(Cl)c1. The van der Waals surface area contributed by atoms with Gasteiger partial charge in [0.1, 0.15) is 0 Å². The summed E-state index contributed by atoms with van der Waals surface area (Å²) >= 11 is 7.49. The van der Waals surface area contributed by atoms with E-state index in [1.807, 2.05) is 38.1 Å². The molecule has 0 aromatic heterocycles. The first-order valence-electron chi connectivity index (χ1n) is 6.87. The minimum Gasteiger partial charge on any atom is -0.354 e. The van der Waals surface area contributed by atoms with E-state index in [1.165, 1.54) is 0 Å². The van der Waals surface area contributed by atoms with Crippen molar-refractivity contribution in [1.29, 1.82) is 0 Å². The third-order valence-electron chi connectivity index (χ3n) is 3.44. The van der Waals surface area contributed by atoms with Crippen molar-refractivity contribution in [2.75, 3.05) is 12.3 Å². The smallest absolute Gasteiger partial charge is 0.230 e. The number of hydrogen-bond acceptors (Lipinski definition) is 3. The number of rotatable bonds is 8. The molecule has 1 aromatic carbocycles. The fraction of sp³-hybridized carbons (Fsp3) is 0.533. The molecule has 0 unspecified atom stereocenters. The van der Waals surface area contributed by atoms with Crippen molar-refractivity contribution in [1.82, 2.24) is 5.32 Å². The first kappa shape index (κ1) is 17.3. The van der Waals surface area contributed by atoms with Gasteiger partial charge in [-0.25, -0.2) is 0 Å². The highest BCUT2D eigenvalue weighted by molar-refractivity contribution is 7.99. The molecule has 1 aromatic rings. The number of benzene rings is 1. The Labute approximate surface area is 130 Å². The summed E-state index contributed by atoms with van der Waals surface area (Å²) in [5.74, 6) is 1.26. The average molecular weight is 315 g/mol. The van der Waals surface area contributed by atoms with Crippen molar-refractivity contribution in [2.45, 2.75) is 38.0 Å². The summed E-state index contributed by atoms with van der Waals surface area (Å²) in [6, 6.07) is 7.70. The molecule has 0 bridgehead atoms. The number of halogens is 1. The van der Waals surface area contributed by atoms with Crippen molar-refractivity contribution < 1.29 is 4.79 Å². The quantitative estimate of drug-likeness (QED) is 0.774. The summed E-state index contributed by atoms with van der Waals surface area (Å²) in [6.07, 6.45) is 1.72. The zero-order valence-electron chi connectivity index (χ0n) is 12.1. The number of thioether (sulfide) groups is 1. The molecule has 3 N–H and O–H groups in total. The Morgan fingerprint density at radius 2 is 2.10 bits per heavy atom. The van der Waals surface area contributed by atoms with Gasteiger partial charge in [-0.05, 0) is 30.5 Å². The van der Waals surface area contributed by atoms with Crippen LogP contribution in [0.4, 0.5) is 0 Å². The van der Waals surface area contributed by atoms with Gasteiger partial charge in [0, 0.05) is 22.9 Å². The highest BCUT2D eigenvalue weighted by Crippen LogP contribution is 2.16. The van der Waals surface area contributed by atoms with E-state index in [2.05, 4.69) is 5.32 Å². The number of nitrogens with one attached hydrogen (secondary N) is 1. The molecule has 0 spiro atoms. The van der Waals surface area contributed by atoms with Gasteiger partial charge in [0.25, 0.3) is 0 Å². The Bertz CT molecular complexity index is 436. The Morgan fingerprint density at radius 3 is 2.70 bits per heavy atom. The van der Waals surface area contributed by atoms with Crippen LogP contribution in [0.2, 0.25) is 5.02 Å². The lowest BCUT2D eigenvalue weighted by Gasteiger charge is -2.26. The molecule has 0 heterocycles. The first-order valence-corrected chi connectivity index (χ1v) is 8.40. The third kappa shape index (κ3) is 6.16. The minimum atomic E-state index is -0.284. The topological polar surface area (TPSA) is 55.1 Å². The predicted molar refractivity (Wildman–Crippen MR) is 88.1 cm³/mol. The summed E-state index contributed by atoms with van der Waals surface area (Å²) in [7, 11) is 0. The highest BCUT2D eigenvalue weighted by Gasteiger charge is 2.20. The molecule has 0 saturated heterocycles. The van der Waals surface area contributed by atoms with Gasteiger partial charge < -0.3 is 11.1 Å². The van der Waals surface area contributed by atoms with Crippen LogP contribution in [0.25, 0.3) is 0 Å².